The third kappa shape index (κ3) is 7.49. The Kier molecular flexibility index (Phi) is 8.63. The van der Waals surface area contributed by atoms with Gasteiger partial charge in [0.05, 0.1) is 0 Å². The molecule has 0 bridgehead atoms. The fourth-order valence-corrected chi connectivity index (χ4v) is 4.27. The van der Waals surface area contributed by atoms with E-state index in [2.05, 4.69) is 40.2 Å². The van der Waals surface area contributed by atoms with Crippen molar-refractivity contribution in [3.05, 3.63) is 107 Å². The summed E-state index contributed by atoms with van der Waals surface area (Å²) < 4.78 is 13.2. The van der Waals surface area contributed by atoms with Gasteiger partial charge in [-0.1, -0.05) is 60.7 Å². The van der Waals surface area contributed by atoms with Gasteiger partial charge in [-0.05, 0) is 67.6 Å². The third-order valence-electron chi connectivity index (χ3n) is 6.38. The Morgan fingerprint density at radius 1 is 0.886 bits per heavy atom. The number of amides is 2. The molecule has 1 aliphatic rings. The molecule has 3 aromatic carbocycles. The lowest BCUT2D eigenvalue weighted by molar-refractivity contribution is -0.123. The van der Waals surface area contributed by atoms with E-state index in [0.717, 1.165) is 31.4 Å². The van der Waals surface area contributed by atoms with Gasteiger partial charge in [-0.2, -0.15) is 0 Å². The molecular formula is C29H32FN3O2. The van der Waals surface area contributed by atoms with Crippen LogP contribution in [-0.2, 0) is 11.3 Å². The summed E-state index contributed by atoms with van der Waals surface area (Å²) in [6.07, 6.45) is 3.39. The van der Waals surface area contributed by atoms with E-state index < -0.39 is 11.9 Å². The Hall–Kier alpha value is -3.51. The summed E-state index contributed by atoms with van der Waals surface area (Å²) in [6.45, 7) is 1.27. The minimum absolute atomic E-state index is 0.219. The van der Waals surface area contributed by atoms with E-state index in [4.69, 9.17) is 0 Å². The van der Waals surface area contributed by atoms with E-state index in [0.29, 0.717) is 30.5 Å². The van der Waals surface area contributed by atoms with Crippen LogP contribution in [0.15, 0.2) is 84.9 Å². The van der Waals surface area contributed by atoms with Crippen LogP contribution in [0.3, 0.4) is 0 Å². The van der Waals surface area contributed by atoms with Crippen LogP contribution < -0.4 is 16.0 Å². The van der Waals surface area contributed by atoms with Crippen LogP contribution >= 0.6 is 0 Å². The second kappa shape index (κ2) is 12.3. The van der Waals surface area contributed by atoms with Gasteiger partial charge >= 0.3 is 0 Å². The number of unbranched alkanes of at least 4 members (excludes halogenated alkanes) is 1. The molecule has 6 heteroatoms. The first-order chi connectivity index (χ1) is 17.1. The predicted octanol–water partition coefficient (Wildman–Crippen LogP) is 4.56. The largest absolute Gasteiger partial charge is 0.350 e. The Morgan fingerprint density at radius 3 is 2.29 bits per heavy atom. The lowest BCUT2D eigenvalue weighted by Gasteiger charge is -2.19. The monoisotopic (exact) mass is 473 g/mol. The lowest BCUT2D eigenvalue weighted by Crippen LogP contribution is -2.46. The number of hydrogen-bond donors (Lipinski definition) is 3. The van der Waals surface area contributed by atoms with E-state index in [1.165, 1.54) is 29.8 Å². The second-order valence-electron chi connectivity index (χ2n) is 9.05. The number of rotatable bonds is 12. The highest BCUT2D eigenvalue weighted by atomic mass is 19.1. The summed E-state index contributed by atoms with van der Waals surface area (Å²) in [7, 11) is 0. The molecule has 0 spiro atoms. The summed E-state index contributed by atoms with van der Waals surface area (Å²) in [4.78, 5) is 25.6. The molecule has 0 aliphatic heterocycles. The van der Waals surface area contributed by atoms with Crippen LogP contribution in [-0.4, -0.2) is 30.4 Å². The lowest BCUT2D eigenvalue weighted by atomic mass is 10.1. The molecule has 2 amide bonds. The minimum atomic E-state index is -0.658. The predicted molar refractivity (Wildman–Crippen MR) is 135 cm³/mol. The molecule has 0 aromatic heterocycles. The van der Waals surface area contributed by atoms with Crippen LogP contribution in [0, 0.1) is 5.82 Å². The number of nitrogens with one attached hydrogen (secondary N) is 3. The molecule has 3 aromatic rings. The average Bonchev–Trinajstić information content (AvgIpc) is 3.67. The first kappa shape index (κ1) is 24.6. The van der Waals surface area contributed by atoms with Crippen molar-refractivity contribution in [3.8, 4) is 0 Å². The van der Waals surface area contributed by atoms with Gasteiger partial charge in [0.25, 0.3) is 5.91 Å². The smallest absolute Gasteiger partial charge is 0.251 e. The summed E-state index contributed by atoms with van der Waals surface area (Å²) in [5.41, 5.74) is 2.70. The van der Waals surface area contributed by atoms with Crippen molar-refractivity contribution in [2.75, 3.05) is 6.54 Å². The quantitative estimate of drug-likeness (QED) is 0.338. The molecule has 3 N–H and O–H groups in total. The van der Waals surface area contributed by atoms with E-state index in [1.54, 1.807) is 0 Å². The number of carbonyl (C=O) groups excluding carboxylic acids is 2. The van der Waals surface area contributed by atoms with E-state index in [-0.39, 0.29) is 11.8 Å². The number of benzene rings is 3. The third-order valence-corrected chi connectivity index (χ3v) is 6.38. The Balaban J connectivity index is 1.25. The maximum absolute atomic E-state index is 13.2. The summed E-state index contributed by atoms with van der Waals surface area (Å²) in [5.74, 6) is -0.422. The van der Waals surface area contributed by atoms with Gasteiger partial charge in [0.15, 0.2) is 0 Å². The first-order valence-corrected chi connectivity index (χ1v) is 12.3. The minimum Gasteiger partial charge on any atom is -0.350 e. The Bertz CT molecular complexity index is 1090. The summed E-state index contributed by atoms with van der Waals surface area (Å²) in [5, 5.41) is 9.37. The van der Waals surface area contributed by atoms with Gasteiger partial charge in [0, 0.05) is 24.1 Å². The molecule has 1 aliphatic carbocycles. The fourth-order valence-electron chi connectivity index (χ4n) is 4.27. The maximum atomic E-state index is 13.2. The van der Waals surface area contributed by atoms with Crippen molar-refractivity contribution >= 4 is 11.8 Å². The van der Waals surface area contributed by atoms with Crippen molar-refractivity contribution < 1.29 is 14.0 Å². The van der Waals surface area contributed by atoms with E-state index in [1.807, 2.05) is 36.4 Å². The summed E-state index contributed by atoms with van der Waals surface area (Å²) >= 11 is 0. The number of carbonyl (C=O) groups is 2. The van der Waals surface area contributed by atoms with Crippen molar-refractivity contribution in [2.24, 2.45) is 0 Å². The second-order valence-corrected chi connectivity index (χ2v) is 9.05. The summed E-state index contributed by atoms with van der Waals surface area (Å²) in [6, 6.07) is 25.4. The van der Waals surface area contributed by atoms with Crippen molar-refractivity contribution in [1.29, 1.82) is 0 Å². The van der Waals surface area contributed by atoms with E-state index >= 15 is 0 Å². The SMILES string of the molecule is O=C(NC(CCCCN[C@@H]1C[C@H]1c1ccccc1)C(=O)NCc1ccccc1)c1ccc(F)cc1. The van der Waals surface area contributed by atoms with Gasteiger partial charge in [0.1, 0.15) is 11.9 Å². The molecule has 0 saturated heterocycles. The van der Waals surface area contributed by atoms with Crippen molar-refractivity contribution in [1.82, 2.24) is 16.0 Å². The number of hydrogen-bond acceptors (Lipinski definition) is 3. The van der Waals surface area contributed by atoms with Gasteiger partial charge in [-0.25, -0.2) is 4.39 Å². The van der Waals surface area contributed by atoms with Crippen LogP contribution in [0.2, 0.25) is 0 Å². The van der Waals surface area contributed by atoms with Crippen LogP contribution in [0.4, 0.5) is 4.39 Å². The first-order valence-electron chi connectivity index (χ1n) is 12.3. The van der Waals surface area contributed by atoms with Gasteiger partial charge in [-0.15, -0.1) is 0 Å². The maximum Gasteiger partial charge on any atom is 0.251 e. The molecule has 0 heterocycles. The molecular weight excluding hydrogens is 441 g/mol. The van der Waals surface area contributed by atoms with Crippen molar-refractivity contribution in [3.63, 3.8) is 0 Å². The molecule has 35 heavy (non-hydrogen) atoms. The van der Waals surface area contributed by atoms with Crippen molar-refractivity contribution in [2.45, 2.75) is 50.2 Å². The highest BCUT2D eigenvalue weighted by Gasteiger charge is 2.37. The van der Waals surface area contributed by atoms with Gasteiger partial charge in [-0.3, -0.25) is 9.59 Å². The average molecular weight is 474 g/mol. The zero-order valence-electron chi connectivity index (χ0n) is 19.8. The highest BCUT2D eigenvalue weighted by molar-refractivity contribution is 5.97. The zero-order valence-corrected chi connectivity index (χ0v) is 19.8. The van der Waals surface area contributed by atoms with E-state index in [9.17, 15) is 14.0 Å². The molecule has 3 atom stereocenters. The van der Waals surface area contributed by atoms with Gasteiger partial charge in [0.2, 0.25) is 5.91 Å². The van der Waals surface area contributed by atoms with Crippen LogP contribution in [0.5, 0.6) is 0 Å². The van der Waals surface area contributed by atoms with Crippen LogP contribution in [0.1, 0.15) is 53.1 Å². The molecule has 1 fully saturated rings. The van der Waals surface area contributed by atoms with Crippen LogP contribution in [0.25, 0.3) is 0 Å². The Labute approximate surface area is 206 Å². The topological polar surface area (TPSA) is 70.2 Å². The molecule has 5 nitrogen and oxygen atoms in total. The molecule has 4 rings (SSSR count). The highest BCUT2D eigenvalue weighted by Crippen LogP contribution is 2.40. The molecule has 1 saturated carbocycles. The Morgan fingerprint density at radius 2 is 1.57 bits per heavy atom. The standard InChI is InChI=1S/C29H32FN3O2/c30-24-16-14-23(15-17-24)28(34)33-26(29(35)32-20-21-9-3-1-4-10-21)13-7-8-18-31-27-19-25(27)22-11-5-2-6-12-22/h1-6,9-12,14-17,25-27,31H,7-8,13,18-20H2,(H,32,35)(H,33,34)/t25-,26?,27+/m0/s1. The normalized spacial score (nSPS) is 17.4. The molecule has 182 valence electrons. The zero-order chi connectivity index (χ0) is 24.5. The number of halogens is 1. The fraction of sp³-hybridized carbons (Fsp3) is 0.310. The molecule has 1 unspecified atom stereocenters. The van der Waals surface area contributed by atoms with Gasteiger partial charge < -0.3 is 16.0 Å². The molecule has 0 radical (unpaired) electrons.